The number of carboxylic acid groups (broad SMARTS) is 2. The summed E-state index contributed by atoms with van der Waals surface area (Å²) in [6.45, 7) is 6.55. The first kappa shape index (κ1) is 103. The third-order valence-corrected chi connectivity index (χ3v) is 18.7. The van der Waals surface area contributed by atoms with E-state index in [2.05, 4.69) is 92.1 Å². The third kappa shape index (κ3) is 37.1. The predicted octanol–water partition coefficient (Wildman–Crippen LogP) is -10.7. The molecule has 0 fully saturated rings. The molecule has 46 heteroatoms. The number of nitrogens with two attached hydrogens (primary N) is 6. The fraction of sp³-hybridized carbons (Fsp3) is 0.643. The SMILES string of the molecule is CC[C@H](C)[C@H](NC(=O)[C@H](CO)NC(=O)[C@@H](NC(=O)[C@H](CO)NC(=O)[C@@H](NC(=O)[C@H](CC(N)=O)NC(=O)[C@H](Cc1ccccc1)NC(=O)[C@H](CO)NC(=O)[C@H](CS)NC(=O)[C@H](CC(N)=O)NC(=O)[C@H](CCCCN)NC(=O)[C@@H](NC(=O)[C@H](CCC(=O)O)NC(=O)CN)[C@@H](C)CC)[C@@H](C)CC)[C@@H](C)O)C(=O)N[C@@H](CCCN=C(N)N)C(=O)O. The van der Waals surface area contributed by atoms with Crippen molar-refractivity contribution in [1.82, 2.24) is 74.4 Å². The number of primary amides is 2. The number of aliphatic carboxylic acids is 2. The maximum atomic E-state index is 14.5. The highest BCUT2D eigenvalue weighted by Gasteiger charge is 2.41. The van der Waals surface area contributed by atoms with E-state index in [0.717, 1.165) is 6.92 Å². The van der Waals surface area contributed by atoms with Crippen LogP contribution in [0.3, 0.4) is 0 Å². The van der Waals surface area contributed by atoms with Crippen molar-refractivity contribution in [3.63, 3.8) is 0 Å². The number of thiol groups is 1. The van der Waals surface area contributed by atoms with Crippen LogP contribution in [0.4, 0.5) is 0 Å². The number of aliphatic hydroxyl groups excluding tert-OH is 4. The van der Waals surface area contributed by atoms with Crippen molar-refractivity contribution in [2.75, 3.05) is 45.2 Å². The average Bonchev–Trinajstić information content (AvgIpc) is 0.851. The number of nitrogens with zero attached hydrogens (tertiary/aromatic N) is 1. The molecule has 0 aliphatic rings. The molecule has 0 aliphatic heterocycles. The van der Waals surface area contributed by atoms with Crippen molar-refractivity contribution in [3.8, 4) is 0 Å². The van der Waals surface area contributed by atoms with Crippen LogP contribution in [-0.4, -0.2) is 279 Å². The number of carboxylic acids is 2. The summed E-state index contributed by atoms with van der Waals surface area (Å²) in [6, 6.07) is -16.5. The number of aliphatic hydroxyl groups is 4. The minimum atomic E-state index is -2.01. The fourth-order valence-electron chi connectivity index (χ4n) is 10.9. The number of unbranched alkanes of at least 4 members (excludes halogenated alkanes) is 1. The van der Waals surface area contributed by atoms with Gasteiger partial charge in [-0.3, -0.25) is 86.5 Å². The summed E-state index contributed by atoms with van der Waals surface area (Å²) in [5.74, 6) is -24.1. The van der Waals surface area contributed by atoms with Crippen molar-refractivity contribution in [2.45, 2.75) is 223 Å². The van der Waals surface area contributed by atoms with Crippen LogP contribution in [0, 0.1) is 17.8 Å². The van der Waals surface area contributed by atoms with E-state index >= 15 is 0 Å². The van der Waals surface area contributed by atoms with Gasteiger partial charge < -0.3 is 139 Å². The van der Waals surface area contributed by atoms with Crippen LogP contribution in [0.15, 0.2) is 35.3 Å². The van der Waals surface area contributed by atoms with Crippen molar-refractivity contribution in [2.24, 2.45) is 57.1 Å². The van der Waals surface area contributed by atoms with Gasteiger partial charge >= 0.3 is 11.9 Å². The molecule has 0 unspecified atom stereocenters. The van der Waals surface area contributed by atoms with Gasteiger partial charge in [0.15, 0.2) is 5.96 Å². The largest absolute Gasteiger partial charge is 0.481 e. The van der Waals surface area contributed by atoms with Gasteiger partial charge in [0.05, 0.1) is 45.3 Å². The van der Waals surface area contributed by atoms with Gasteiger partial charge in [-0.05, 0) is 75.3 Å². The lowest BCUT2D eigenvalue weighted by Crippen LogP contribution is -2.63. The zero-order chi connectivity index (χ0) is 88.2. The van der Waals surface area contributed by atoms with Crippen molar-refractivity contribution >= 4 is 125 Å². The lowest BCUT2D eigenvalue weighted by Gasteiger charge is -2.30. The molecule has 0 saturated carbocycles. The Balaban J connectivity index is 3.54. The molecule has 0 aliphatic carbocycles. The minimum absolute atomic E-state index is 0.0342. The number of guanidine groups is 1. The van der Waals surface area contributed by atoms with Crippen LogP contribution in [-0.2, 0) is 92.7 Å². The van der Waals surface area contributed by atoms with E-state index in [-0.39, 0.29) is 64.0 Å². The van der Waals surface area contributed by atoms with E-state index in [9.17, 15) is 117 Å². The van der Waals surface area contributed by atoms with E-state index < -0.39 is 279 Å². The Hall–Kier alpha value is -10.9. The van der Waals surface area contributed by atoms with Gasteiger partial charge in [0.2, 0.25) is 94.5 Å². The van der Waals surface area contributed by atoms with Crippen LogP contribution in [0.2, 0.25) is 0 Å². The Kier molecular flexibility index (Phi) is 48.0. The molecule has 652 valence electrons. The number of hydrogen-bond donors (Lipinski definition) is 27. The highest BCUT2D eigenvalue weighted by Crippen LogP contribution is 2.16. The molecule has 45 nitrogen and oxygen atoms in total. The van der Waals surface area contributed by atoms with Crippen LogP contribution in [0.25, 0.3) is 0 Å². The second-order valence-corrected chi connectivity index (χ2v) is 27.8. The summed E-state index contributed by atoms with van der Waals surface area (Å²) in [5.41, 5.74) is 33.1. The van der Waals surface area contributed by atoms with E-state index in [0.29, 0.717) is 12.0 Å². The maximum absolute atomic E-state index is 14.5. The first-order valence-electron chi connectivity index (χ1n) is 37.5. The third-order valence-electron chi connectivity index (χ3n) is 18.3. The Morgan fingerprint density at radius 3 is 1.14 bits per heavy atom. The van der Waals surface area contributed by atoms with Gasteiger partial charge in [-0.1, -0.05) is 91.1 Å². The summed E-state index contributed by atoms with van der Waals surface area (Å²) in [6.07, 6.45) is -4.12. The first-order valence-corrected chi connectivity index (χ1v) is 38.1. The van der Waals surface area contributed by atoms with E-state index in [4.69, 9.17) is 34.4 Å². The summed E-state index contributed by atoms with van der Waals surface area (Å²) >= 11 is 4.16. The Bertz CT molecular complexity index is 3530. The van der Waals surface area contributed by atoms with Gasteiger partial charge in [0.1, 0.15) is 84.6 Å². The molecule has 116 heavy (non-hydrogen) atoms. The van der Waals surface area contributed by atoms with Crippen LogP contribution in [0.1, 0.15) is 131 Å². The molecule has 16 amide bonds. The topological polar surface area (TPSA) is 766 Å². The molecule has 0 aromatic heterocycles. The van der Waals surface area contributed by atoms with Crippen LogP contribution in [0.5, 0.6) is 0 Å². The number of benzene rings is 1. The number of amides is 16. The molecular weight excluding hydrogens is 1550 g/mol. The number of hydrogen-bond acceptors (Lipinski definition) is 26. The first-order chi connectivity index (χ1) is 54.6. The molecule has 1 aromatic carbocycles. The number of rotatable bonds is 57. The van der Waals surface area contributed by atoms with Crippen molar-refractivity contribution in [3.05, 3.63) is 35.9 Å². The molecule has 0 heterocycles. The maximum Gasteiger partial charge on any atom is 0.326 e. The number of carbonyl (C=O) groups is 18. The molecule has 1 aromatic rings. The second-order valence-electron chi connectivity index (χ2n) is 27.5. The number of carbonyl (C=O) groups excluding carboxylic acids is 16. The molecule has 0 radical (unpaired) electrons. The van der Waals surface area contributed by atoms with Gasteiger partial charge in [-0.15, -0.1) is 0 Å². The zero-order valence-corrected chi connectivity index (χ0v) is 66.7. The molecule has 0 bridgehead atoms. The molecule has 0 spiro atoms. The monoisotopic (exact) mass is 1670 g/mol. The van der Waals surface area contributed by atoms with E-state index in [1.807, 2.05) is 0 Å². The summed E-state index contributed by atoms with van der Waals surface area (Å²) in [7, 11) is 0. The van der Waals surface area contributed by atoms with Crippen molar-refractivity contribution < 1.29 is 117 Å². The number of nitrogens with one attached hydrogen (secondary N) is 14. The normalized spacial score (nSPS) is 15.7. The van der Waals surface area contributed by atoms with Gasteiger partial charge in [0, 0.05) is 25.1 Å². The Morgan fingerprint density at radius 1 is 0.405 bits per heavy atom. The standard InChI is InChI=1S/C70H117N21O24S/c1-8-33(4)52(88-57(102)39(21-22-51(99)100)78-50(98)28-72)65(110)79-38(19-14-15-23-71)56(101)82-42(26-48(73)96)59(104)87-47(32-116)64(109)84-44(29-92)61(106)81-41(25-37-17-12-11-13-18-37)58(103)83-43(27-49(74)97)60(105)89-54(35(6)10-3)67(112)85-46(31-94)63(108)91-55(36(7)95)68(113)86-45(30-93)62(107)90-53(34(5)9-2)66(111)80-40(69(114)115)20-16-24-77-70(75)76/h11-13,17-18,33-36,38-47,52-55,92-95,116H,8-10,14-16,19-32,71-72H2,1-7H3,(H2,73,96)(H2,74,97)(H,78,98)(H,79,110)(H,80,111)(H,81,106)(H,82,101)(H,83,103)(H,84,109)(H,85,112)(H,86,113)(H,87,104)(H,88,102)(H,89,105)(H,90,107)(H,91,108)(H,99,100)(H,114,115)(H4,75,76,77)/t33-,34-,35-,36+,38-,39-,40-,41-,42-,43-,44-,45-,46-,47-,52-,53-,54-,55-/m0/s1. The minimum Gasteiger partial charge on any atom is -0.481 e. The molecule has 18 atom stereocenters. The molecule has 1 rings (SSSR count). The number of aliphatic imine (C=N–C) groups is 1. The smallest absolute Gasteiger partial charge is 0.326 e. The molecule has 32 N–H and O–H groups in total. The average molecular weight is 1670 g/mol. The van der Waals surface area contributed by atoms with Crippen LogP contribution >= 0.6 is 12.6 Å². The van der Waals surface area contributed by atoms with Gasteiger partial charge in [-0.2, -0.15) is 12.6 Å². The molecular formula is C70H117N21O24S. The second kappa shape index (κ2) is 54.0. The van der Waals surface area contributed by atoms with Gasteiger partial charge in [-0.25, -0.2) is 4.79 Å². The van der Waals surface area contributed by atoms with Gasteiger partial charge in [0.25, 0.3) is 0 Å². The summed E-state index contributed by atoms with van der Waals surface area (Å²) in [5, 5.41) is 93.5. The lowest BCUT2D eigenvalue weighted by molar-refractivity contribution is -0.143. The predicted molar refractivity (Wildman–Crippen MR) is 416 cm³/mol. The summed E-state index contributed by atoms with van der Waals surface area (Å²) < 4.78 is 0. The highest BCUT2D eigenvalue weighted by molar-refractivity contribution is 7.80. The quantitative estimate of drug-likeness (QED) is 0.0125. The lowest BCUT2D eigenvalue weighted by atomic mass is 9.96. The molecule has 0 saturated heterocycles. The fourth-order valence-corrected chi connectivity index (χ4v) is 11.2. The van der Waals surface area contributed by atoms with Crippen molar-refractivity contribution in [1.29, 1.82) is 0 Å². The van der Waals surface area contributed by atoms with E-state index in [1.54, 1.807) is 52.8 Å². The van der Waals surface area contributed by atoms with E-state index in [1.165, 1.54) is 19.1 Å². The highest BCUT2D eigenvalue weighted by atomic mass is 32.1. The Morgan fingerprint density at radius 2 is 0.741 bits per heavy atom. The Labute approximate surface area is 674 Å². The van der Waals surface area contributed by atoms with Crippen LogP contribution < -0.4 is 109 Å². The zero-order valence-electron chi connectivity index (χ0n) is 65.8. The summed E-state index contributed by atoms with van der Waals surface area (Å²) in [4.78, 5) is 246.